The summed E-state index contributed by atoms with van der Waals surface area (Å²) in [6, 6.07) is 14.9. The van der Waals surface area contributed by atoms with Crippen LogP contribution in [0.4, 0.5) is 18.9 Å². The van der Waals surface area contributed by atoms with Crippen LogP contribution < -0.4 is 5.32 Å². The van der Waals surface area contributed by atoms with Gasteiger partial charge < -0.3 is 5.32 Å². The molecule has 1 N–H and O–H groups in total. The van der Waals surface area contributed by atoms with Crippen molar-refractivity contribution in [3.8, 4) is 5.69 Å². The third-order valence-electron chi connectivity index (χ3n) is 5.57. The predicted octanol–water partition coefficient (Wildman–Crippen LogP) is 9.04. The smallest absolute Gasteiger partial charge is 0.388 e. The summed E-state index contributed by atoms with van der Waals surface area (Å²) in [6.45, 7) is 9.79. The highest BCUT2D eigenvalue weighted by Gasteiger charge is 2.25. The summed E-state index contributed by atoms with van der Waals surface area (Å²) in [5, 5.41) is 7.54. The molecule has 3 aromatic rings. The molecule has 4 nitrogen and oxygen atoms in total. The van der Waals surface area contributed by atoms with E-state index in [0.717, 1.165) is 23.7 Å². The molecule has 2 aromatic carbocycles. The normalized spacial score (nSPS) is 11.5. The zero-order chi connectivity index (χ0) is 27.3. The van der Waals surface area contributed by atoms with E-state index in [2.05, 4.69) is 54.0 Å². The van der Waals surface area contributed by atoms with Gasteiger partial charge in [-0.2, -0.15) is 18.3 Å². The van der Waals surface area contributed by atoms with Crippen LogP contribution in [0.2, 0.25) is 5.02 Å². The molecule has 3 rings (SSSR count). The number of rotatable bonds is 11. The number of hydrogen-bond acceptors (Lipinski definition) is 3. The van der Waals surface area contributed by atoms with E-state index in [4.69, 9.17) is 11.6 Å². The molecule has 37 heavy (non-hydrogen) atoms. The van der Waals surface area contributed by atoms with Gasteiger partial charge in [0.15, 0.2) is 0 Å². The van der Waals surface area contributed by atoms with Crippen molar-refractivity contribution in [3.63, 3.8) is 0 Å². The van der Waals surface area contributed by atoms with E-state index in [1.165, 1.54) is 38.3 Å². The topological polar surface area (TPSA) is 42.2 Å². The van der Waals surface area contributed by atoms with E-state index in [1.54, 1.807) is 18.2 Å². The maximum absolute atomic E-state index is 12.2. The Kier molecular flexibility index (Phi) is 12.2. The number of aromatic nitrogens is 2. The van der Waals surface area contributed by atoms with E-state index >= 15 is 0 Å². The summed E-state index contributed by atoms with van der Waals surface area (Å²) in [7, 11) is 1.54. The van der Waals surface area contributed by atoms with Crippen LogP contribution in [0.1, 0.15) is 56.6 Å². The monoisotopic (exact) mass is 530 g/mol. The number of benzene rings is 2. The molecular weight excluding hydrogens is 497 g/mol. The number of halogens is 4. The number of alkyl halides is 3. The Morgan fingerprint density at radius 2 is 1.86 bits per heavy atom. The summed E-state index contributed by atoms with van der Waals surface area (Å²) >= 11 is 5.83. The molecular formula is C29H34ClF3N4. The zero-order valence-corrected chi connectivity index (χ0v) is 22.1. The molecule has 0 bridgehead atoms. The first-order valence-electron chi connectivity index (χ1n) is 12.2. The van der Waals surface area contributed by atoms with E-state index in [0.29, 0.717) is 22.0 Å². The lowest BCUT2D eigenvalue weighted by Gasteiger charge is -2.11. The van der Waals surface area contributed by atoms with Gasteiger partial charge in [0.2, 0.25) is 0 Å². The number of nitrogens with one attached hydrogen (secondary N) is 1. The molecule has 0 unspecified atom stereocenters. The second kappa shape index (κ2) is 15.1. The van der Waals surface area contributed by atoms with Crippen molar-refractivity contribution in [2.75, 3.05) is 7.05 Å². The van der Waals surface area contributed by atoms with E-state index in [-0.39, 0.29) is 0 Å². The van der Waals surface area contributed by atoms with Crippen molar-refractivity contribution in [3.05, 3.63) is 89.7 Å². The van der Waals surface area contributed by atoms with Crippen molar-refractivity contribution in [2.45, 2.75) is 51.6 Å². The number of allylic oxidation sites excluding steroid dienone is 2. The van der Waals surface area contributed by atoms with Crippen LogP contribution in [0.15, 0.2) is 78.6 Å². The highest BCUT2D eigenvalue weighted by Crippen LogP contribution is 2.30. The number of unbranched alkanes of at least 4 members (excludes halogenated alkanes) is 3. The summed E-state index contributed by atoms with van der Waals surface area (Å²) in [6.07, 6.45) is 5.95. The molecule has 0 radical (unpaired) electrons. The molecule has 1 heterocycles. The Morgan fingerprint density at radius 3 is 2.49 bits per heavy atom. The molecule has 0 atom stereocenters. The Balaban J connectivity index is 0.000000261. The van der Waals surface area contributed by atoms with Gasteiger partial charge in [-0.05, 0) is 55.5 Å². The number of hydrogen-bond donors (Lipinski definition) is 1. The van der Waals surface area contributed by atoms with E-state index in [1.807, 2.05) is 29.1 Å². The molecule has 0 fully saturated rings. The molecule has 8 heteroatoms. The highest BCUT2D eigenvalue weighted by atomic mass is 35.5. The lowest BCUT2D eigenvalue weighted by atomic mass is 10.0. The third-order valence-corrected chi connectivity index (χ3v) is 5.80. The van der Waals surface area contributed by atoms with Crippen molar-refractivity contribution < 1.29 is 13.2 Å². The summed E-state index contributed by atoms with van der Waals surface area (Å²) in [5.74, 6) is 0. The largest absolute Gasteiger partial charge is 0.392 e. The van der Waals surface area contributed by atoms with Gasteiger partial charge >= 0.3 is 6.18 Å². The lowest BCUT2D eigenvalue weighted by molar-refractivity contribution is -0.124. The van der Waals surface area contributed by atoms with Crippen LogP contribution in [-0.4, -0.2) is 29.7 Å². The molecule has 0 aliphatic rings. The van der Waals surface area contributed by atoms with Crippen LogP contribution in [0, 0.1) is 0 Å². The molecule has 0 aliphatic heterocycles. The number of aliphatic imine (C=N–C) groups is 1. The van der Waals surface area contributed by atoms with Crippen molar-refractivity contribution >= 4 is 35.3 Å². The summed E-state index contributed by atoms with van der Waals surface area (Å²) < 4.78 is 38.5. The second-order valence-electron chi connectivity index (χ2n) is 8.43. The van der Waals surface area contributed by atoms with Gasteiger partial charge in [-0.1, -0.05) is 68.6 Å². The lowest BCUT2D eigenvalue weighted by Crippen LogP contribution is -2.09. The maximum Gasteiger partial charge on any atom is 0.392 e. The van der Waals surface area contributed by atoms with Crippen molar-refractivity contribution in [1.29, 1.82) is 0 Å². The SMILES string of the molecule is C=C(CCCCCC)c1cnn(-c2ccccc2)c1.C=Nc1ccc(Cl)cc1/C(=C\CC(F)(F)F)NC. The first-order chi connectivity index (χ1) is 17.7. The standard InChI is InChI=1S/C17H22N2.C12H12ClF3N2/c1-3-4-5-7-10-15(2)16-13-18-19(14-16)17-11-8-6-9-12-17;1-17-10-4-3-8(13)7-9(10)11(18-2)5-6-12(14,15)16/h6,8-9,11-14H,2-5,7,10H2,1H3;3-5,7,18H,1,6H2,2H3/b;11-5+. The van der Waals surface area contributed by atoms with Crippen LogP contribution >= 0.6 is 11.6 Å². The van der Waals surface area contributed by atoms with E-state index in [9.17, 15) is 13.2 Å². The van der Waals surface area contributed by atoms with Gasteiger partial charge in [-0.15, -0.1) is 0 Å². The van der Waals surface area contributed by atoms with Gasteiger partial charge in [-0.3, -0.25) is 4.99 Å². The average molecular weight is 531 g/mol. The van der Waals surface area contributed by atoms with Gasteiger partial charge in [0, 0.05) is 35.1 Å². The van der Waals surface area contributed by atoms with Crippen LogP contribution in [0.25, 0.3) is 17.0 Å². The minimum Gasteiger partial charge on any atom is -0.388 e. The second-order valence-corrected chi connectivity index (χ2v) is 8.87. The summed E-state index contributed by atoms with van der Waals surface area (Å²) in [4.78, 5) is 3.75. The molecule has 198 valence electrons. The van der Waals surface area contributed by atoms with Gasteiger partial charge in [0.25, 0.3) is 0 Å². The fourth-order valence-corrected chi connectivity index (χ4v) is 3.74. The van der Waals surface area contributed by atoms with Gasteiger partial charge in [0.1, 0.15) is 0 Å². The van der Waals surface area contributed by atoms with Crippen molar-refractivity contribution in [1.82, 2.24) is 15.1 Å². The Hall–Kier alpha value is -3.32. The molecule has 0 saturated heterocycles. The molecule has 0 spiro atoms. The predicted molar refractivity (Wildman–Crippen MR) is 150 cm³/mol. The van der Waals surface area contributed by atoms with Crippen LogP contribution in [0.3, 0.4) is 0 Å². The van der Waals surface area contributed by atoms with Crippen LogP contribution in [-0.2, 0) is 0 Å². The number of para-hydroxylation sites is 1. The summed E-state index contributed by atoms with van der Waals surface area (Å²) in [5.41, 5.74) is 4.72. The fraction of sp³-hybridized carbons (Fsp3) is 0.310. The van der Waals surface area contributed by atoms with Gasteiger partial charge in [-0.25, -0.2) is 4.68 Å². The van der Waals surface area contributed by atoms with Crippen molar-refractivity contribution in [2.24, 2.45) is 4.99 Å². The highest BCUT2D eigenvalue weighted by molar-refractivity contribution is 6.30. The Bertz CT molecular complexity index is 1170. The molecule has 1 aromatic heterocycles. The quantitative estimate of drug-likeness (QED) is 0.198. The van der Waals surface area contributed by atoms with E-state index < -0.39 is 12.6 Å². The minimum absolute atomic E-state index is 0.317. The number of nitrogens with zero attached hydrogens (tertiary/aromatic N) is 3. The first-order valence-corrected chi connectivity index (χ1v) is 12.6. The van der Waals surface area contributed by atoms with Gasteiger partial charge in [0.05, 0.1) is 24.0 Å². The minimum atomic E-state index is -4.25. The fourth-order valence-electron chi connectivity index (χ4n) is 3.56. The van der Waals surface area contributed by atoms with Crippen LogP contribution in [0.5, 0.6) is 0 Å². The molecule has 0 amide bonds. The third kappa shape index (κ3) is 10.3. The molecule has 0 saturated carbocycles. The zero-order valence-electron chi connectivity index (χ0n) is 21.4. The maximum atomic E-state index is 12.2. The Labute approximate surface area is 222 Å². The Morgan fingerprint density at radius 1 is 1.14 bits per heavy atom. The first kappa shape index (κ1) is 29.9. The average Bonchev–Trinajstić information content (AvgIpc) is 3.38. The molecule has 0 aliphatic carbocycles.